The van der Waals surface area contributed by atoms with Crippen LogP contribution in [0.2, 0.25) is 5.02 Å². The van der Waals surface area contributed by atoms with Gasteiger partial charge in [-0.25, -0.2) is 14.6 Å². The second-order valence-corrected chi connectivity index (χ2v) is 11.4. The first kappa shape index (κ1) is 35.1. The van der Waals surface area contributed by atoms with Gasteiger partial charge in [0.05, 0.1) is 5.54 Å². The summed E-state index contributed by atoms with van der Waals surface area (Å²) in [6.07, 6.45) is -2.01. The van der Waals surface area contributed by atoms with Crippen LogP contribution in [0.15, 0.2) is 54.6 Å². The van der Waals surface area contributed by atoms with E-state index in [9.17, 15) is 28.8 Å². The number of hydrogen-bond donors (Lipinski definition) is 0. The van der Waals surface area contributed by atoms with Crippen molar-refractivity contribution >= 4 is 59.1 Å². The third-order valence-corrected chi connectivity index (χ3v) is 6.41. The van der Waals surface area contributed by atoms with E-state index in [0.717, 1.165) is 9.91 Å². The van der Waals surface area contributed by atoms with Crippen LogP contribution in [-0.2, 0) is 28.6 Å². The van der Waals surface area contributed by atoms with E-state index in [4.69, 9.17) is 25.8 Å². The standard InChI is InChI=1S/C29H34ClN3O9S/c1-19(34)31(5)18-23(35)41-27(26(38)40-16-17-43-6)42-28(39)32(24(36)21-12-14-22(30)15-13-21)33(29(2,3)4)25(37)20-10-8-7-9-11-20/h7-15,27H,16-18H2,1-6H3. The molecule has 0 bridgehead atoms. The topological polar surface area (TPSA) is 140 Å². The summed E-state index contributed by atoms with van der Waals surface area (Å²) in [4.78, 5) is 79.4. The molecule has 0 radical (unpaired) electrons. The van der Waals surface area contributed by atoms with Gasteiger partial charge >= 0.3 is 24.3 Å². The smallest absolute Gasteiger partial charge is 0.440 e. The predicted molar refractivity (Wildman–Crippen MR) is 159 cm³/mol. The molecule has 43 heavy (non-hydrogen) atoms. The fourth-order valence-electron chi connectivity index (χ4n) is 3.39. The van der Waals surface area contributed by atoms with Crippen molar-refractivity contribution in [3.05, 3.63) is 70.7 Å². The molecule has 232 valence electrons. The Kier molecular flexibility index (Phi) is 13.0. The van der Waals surface area contributed by atoms with Crippen molar-refractivity contribution in [2.45, 2.75) is 39.5 Å². The minimum atomic E-state index is -2.27. The third kappa shape index (κ3) is 10.3. The fourth-order valence-corrected chi connectivity index (χ4v) is 3.76. The minimum Gasteiger partial charge on any atom is -0.459 e. The van der Waals surface area contributed by atoms with Gasteiger partial charge in [-0.05, 0) is 63.4 Å². The largest absolute Gasteiger partial charge is 0.459 e. The molecule has 0 spiro atoms. The zero-order chi connectivity index (χ0) is 32.3. The molecule has 0 aliphatic heterocycles. The molecule has 0 fully saturated rings. The number of carbonyl (C=O) groups is 6. The van der Waals surface area contributed by atoms with E-state index in [0.29, 0.717) is 15.8 Å². The Labute approximate surface area is 259 Å². The number of nitrogens with zero attached hydrogens (tertiary/aromatic N) is 3. The Morgan fingerprint density at radius 2 is 1.47 bits per heavy atom. The summed E-state index contributed by atoms with van der Waals surface area (Å²) in [7, 11) is 1.32. The van der Waals surface area contributed by atoms with E-state index >= 15 is 0 Å². The van der Waals surface area contributed by atoms with Crippen molar-refractivity contribution < 1.29 is 43.0 Å². The van der Waals surface area contributed by atoms with Crippen LogP contribution in [0.3, 0.4) is 0 Å². The lowest BCUT2D eigenvalue weighted by Crippen LogP contribution is -2.61. The van der Waals surface area contributed by atoms with Gasteiger partial charge in [-0.2, -0.15) is 11.8 Å². The lowest BCUT2D eigenvalue weighted by Gasteiger charge is -2.41. The Bertz CT molecular complexity index is 1320. The van der Waals surface area contributed by atoms with E-state index in [1.54, 1.807) is 45.2 Å². The number of likely N-dealkylation sites (N-methyl/N-ethyl adjacent to an activating group) is 1. The van der Waals surface area contributed by atoms with E-state index < -0.39 is 54.1 Å². The van der Waals surface area contributed by atoms with E-state index in [-0.39, 0.29) is 17.7 Å². The van der Waals surface area contributed by atoms with E-state index in [1.807, 2.05) is 0 Å². The fraction of sp³-hybridized carbons (Fsp3) is 0.379. The first-order valence-electron chi connectivity index (χ1n) is 12.9. The zero-order valence-corrected chi connectivity index (χ0v) is 26.3. The Morgan fingerprint density at radius 1 is 0.884 bits per heavy atom. The van der Waals surface area contributed by atoms with E-state index in [1.165, 1.54) is 62.1 Å². The molecule has 12 nitrogen and oxygen atoms in total. The van der Waals surface area contributed by atoms with Gasteiger partial charge in [0.15, 0.2) is 0 Å². The molecule has 0 saturated heterocycles. The molecule has 1 unspecified atom stereocenters. The summed E-state index contributed by atoms with van der Waals surface area (Å²) in [5.74, 6) is -4.16. The molecule has 0 aromatic heterocycles. The maximum atomic E-state index is 13.8. The molecule has 0 saturated carbocycles. The minimum absolute atomic E-state index is 0.0457. The van der Waals surface area contributed by atoms with Crippen molar-refractivity contribution in [2.75, 3.05) is 32.2 Å². The Hall–Kier alpha value is -4.10. The number of carbonyl (C=O) groups excluding carboxylic acids is 6. The van der Waals surface area contributed by atoms with Crippen molar-refractivity contribution in [1.82, 2.24) is 14.9 Å². The quantitative estimate of drug-likeness (QED) is 0.163. The lowest BCUT2D eigenvalue weighted by molar-refractivity contribution is -0.194. The van der Waals surface area contributed by atoms with Crippen molar-refractivity contribution in [3.63, 3.8) is 0 Å². The average Bonchev–Trinajstić information content (AvgIpc) is 2.94. The van der Waals surface area contributed by atoms with Gasteiger partial charge in [-0.15, -0.1) is 5.01 Å². The van der Waals surface area contributed by atoms with Crippen molar-refractivity contribution in [3.8, 4) is 0 Å². The third-order valence-electron chi connectivity index (χ3n) is 5.58. The molecule has 0 heterocycles. The average molecular weight is 636 g/mol. The van der Waals surface area contributed by atoms with Crippen LogP contribution < -0.4 is 0 Å². The Morgan fingerprint density at radius 3 is 2.00 bits per heavy atom. The summed E-state index contributed by atoms with van der Waals surface area (Å²) in [5, 5.41) is 1.62. The van der Waals surface area contributed by atoms with Crippen LogP contribution in [0.25, 0.3) is 0 Å². The van der Waals surface area contributed by atoms with Gasteiger partial charge < -0.3 is 19.1 Å². The van der Waals surface area contributed by atoms with Gasteiger partial charge in [0.1, 0.15) is 13.2 Å². The second kappa shape index (κ2) is 15.9. The van der Waals surface area contributed by atoms with Crippen LogP contribution in [0, 0.1) is 0 Å². The Balaban J connectivity index is 2.56. The van der Waals surface area contributed by atoms with Gasteiger partial charge in [0, 0.05) is 35.9 Å². The van der Waals surface area contributed by atoms with Gasteiger partial charge in [0.25, 0.3) is 11.8 Å². The molecular formula is C29H34ClN3O9S. The van der Waals surface area contributed by atoms with Crippen LogP contribution in [-0.4, -0.2) is 94.7 Å². The zero-order valence-electron chi connectivity index (χ0n) is 24.7. The number of thioether (sulfide) groups is 1. The van der Waals surface area contributed by atoms with Crippen LogP contribution in [0.4, 0.5) is 4.79 Å². The summed E-state index contributed by atoms with van der Waals surface area (Å²) < 4.78 is 15.4. The molecule has 0 N–H and O–H groups in total. The highest BCUT2D eigenvalue weighted by Crippen LogP contribution is 2.24. The summed E-state index contributed by atoms with van der Waals surface area (Å²) in [5.41, 5.74) is -1.11. The molecule has 2 aromatic rings. The normalized spacial score (nSPS) is 11.5. The molecule has 2 aromatic carbocycles. The maximum absolute atomic E-state index is 13.8. The highest BCUT2D eigenvalue weighted by atomic mass is 35.5. The van der Waals surface area contributed by atoms with Crippen LogP contribution in [0.1, 0.15) is 48.4 Å². The molecule has 0 aliphatic carbocycles. The van der Waals surface area contributed by atoms with E-state index in [2.05, 4.69) is 0 Å². The number of rotatable bonds is 10. The highest BCUT2D eigenvalue weighted by molar-refractivity contribution is 7.98. The molecule has 0 aliphatic rings. The number of esters is 2. The SMILES string of the molecule is CSCCOC(=O)C(OC(=O)CN(C)C(C)=O)OC(=O)N(C(=O)c1ccc(Cl)cc1)N(C(=O)c1ccccc1)C(C)(C)C. The number of hydrazine groups is 1. The summed E-state index contributed by atoms with van der Waals surface area (Å²) >= 11 is 7.34. The van der Waals surface area contributed by atoms with Crippen molar-refractivity contribution in [2.24, 2.45) is 0 Å². The van der Waals surface area contributed by atoms with Crippen molar-refractivity contribution in [1.29, 1.82) is 0 Å². The summed E-state index contributed by atoms with van der Waals surface area (Å²) in [6.45, 7) is 5.27. The van der Waals surface area contributed by atoms with Gasteiger partial charge in [-0.1, -0.05) is 29.8 Å². The summed E-state index contributed by atoms with van der Waals surface area (Å²) in [6, 6.07) is 13.4. The number of hydrogen-bond acceptors (Lipinski definition) is 10. The first-order chi connectivity index (χ1) is 20.2. The molecule has 4 amide bonds. The molecular weight excluding hydrogens is 602 g/mol. The second-order valence-electron chi connectivity index (χ2n) is 10.0. The number of amides is 4. The molecule has 1 atom stereocenters. The number of ether oxygens (including phenoxy) is 3. The molecule has 2 rings (SSSR count). The number of benzene rings is 2. The van der Waals surface area contributed by atoms with Crippen LogP contribution >= 0.6 is 23.4 Å². The lowest BCUT2D eigenvalue weighted by atomic mass is 10.1. The monoisotopic (exact) mass is 635 g/mol. The van der Waals surface area contributed by atoms with Gasteiger partial charge in [-0.3, -0.25) is 19.2 Å². The van der Waals surface area contributed by atoms with Gasteiger partial charge in [0.2, 0.25) is 5.91 Å². The first-order valence-corrected chi connectivity index (χ1v) is 14.7. The number of halogens is 1. The number of imide groups is 1. The highest BCUT2D eigenvalue weighted by Gasteiger charge is 2.43. The maximum Gasteiger partial charge on any atom is 0.440 e. The molecule has 14 heteroatoms. The van der Waals surface area contributed by atoms with Crippen LogP contribution in [0.5, 0.6) is 0 Å². The predicted octanol–water partition coefficient (Wildman–Crippen LogP) is 4.03.